The van der Waals surface area contributed by atoms with Crippen LogP contribution in [0, 0.1) is 11.8 Å². The van der Waals surface area contributed by atoms with Gasteiger partial charge >= 0.3 is 0 Å². The molecule has 1 saturated heterocycles. The average molecular weight is 267 g/mol. The van der Waals surface area contributed by atoms with Crippen molar-refractivity contribution in [3.05, 3.63) is 28.8 Å². The Morgan fingerprint density at radius 1 is 1.28 bits per heavy atom. The molecule has 2 nitrogen and oxygen atoms in total. The lowest BCUT2D eigenvalue weighted by molar-refractivity contribution is 0.357. The summed E-state index contributed by atoms with van der Waals surface area (Å²) in [5.74, 6) is 1.52. The number of hydrogen-bond acceptors (Lipinski definition) is 2. The van der Waals surface area contributed by atoms with Gasteiger partial charge in [-0.3, -0.25) is 0 Å². The molecule has 3 heteroatoms. The number of nitrogens with two attached hydrogens (primary N) is 1. The molecule has 0 radical (unpaired) electrons. The first-order valence-electron chi connectivity index (χ1n) is 6.83. The maximum Gasteiger partial charge on any atom is 0.0459 e. The SMILES string of the molecule is CC1CC(C)CN(c2ccc(CCN)c(Cl)c2)C1. The van der Waals surface area contributed by atoms with Crippen LogP contribution in [0.4, 0.5) is 5.69 Å². The summed E-state index contributed by atoms with van der Waals surface area (Å²) >= 11 is 6.32. The van der Waals surface area contributed by atoms with Crippen molar-refractivity contribution in [2.45, 2.75) is 26.7 Å². The van der Waals surface area contributed by atoms with Gasteiger partial charge in [0.15, 0.2) is 0 Å². The third-order valence-corrected chi connectivity index (χ3v) is 4.04. The minimum atomic E-state index is 0.650. The summed E-state index contributed by atoms with van der Waals surface area (Å²) in [4.78, 5) is 2.46. The molecule has 1 heterocycles. The van der Waals surface area contributed by atoms with Gasteiger partial charge in [-0.25, -0.2) is 0 Å². The molecule has 100 valence electrons. The highest BCUT2D eigenvalue weighted by Gasteiger charge is 2.22. The maximum atomic E-state index is 6.32. The fourth-order valence-electron chi connectivity index (χ4n) is 2.96. The molecule has 0 spiro atoms. The summed E-state index contributed by atoms with van der Waals surface area (Å²) in [6.45, 7) is 7.57. The first-order chi connectivity index (χ1) is 8.60. The van der Waals surface area contributed by atoms with Crippen molar-refractivity contribution in [2.75, 3.05) is 24.5 Å². The van der Waals surface area contributed by atoms with Crippen LogP contribution >= 0.6 is 11.6 Å². The Balaban J connectivity index is 2.15. The van der Waals surface area contributed by atoms with Crippen LogP contribution in [0.5, 0.6) is 0 Å². The summed E-state index contributed by atoms with van der Waals surface area (Å²) in [5.41, 5.74) is 7.98. The van der Waals surface area contributed by atoms with Gasteiger partial charge in [-0.1, -0.05) is 31.5 Å². The van der Waals surface area contributed by atoms with E-state index in [1.54, 1.807) is 0 Å². The van der Waals surface area contributed by atoms with Gasteiger partial charge in [-0.05, 0) is 48.9 Å². The summed E-state index contributed by atoms with van der Waals surface area (Å²) in [6, 6.07) is 6.40. The van der Waals surface area contributed by atoms with Crippen molar-refractivity contribution in [2.24, 2.45) is 17.6 Å². The molecule has 2 unspecified atom stereocenters. The molecule has 1 aromatic carbocycles. The van der Waals surface area contributed by atoms with Crippen LogP contribution < -0.4 is 10.6 Å². The van der Waals surface area contributed by atoms with Crippen molar-refractivity contribution in [3.63, 3.8) is 0 Å². The Labute approximate surface area is 115 Å². The van der Waals surface area contributed by atoms with Crippen LogP contribution in [0.15, 0.2) is 18.2 Å². The Hall–Kier alpha value is -0.730. The highest BCUT2D eigenvalue weighted by atomic mass is 35.5. The van der Waals surface area contributed by atoms with E-state index in [1.807, 2.05) is 0 Å². The van der Waals surface area contributed by atoms with Gasteiger partial charge in [0, 0.05) is 23.8 Å². The zero-order valence-electron chi connectivity index (χ0n) is 11.3. The molecule has 1 aromatic rings. The standard InChI is InChI=1S/C15H23ClN2/c1-11-7-12(2)10-18(9-11)14-4-3-13(5-6-17)15(16)8-14/h3-4,8,11-12H,5-7,9-10,17H2,1-2H3. The lowest BCUT2D eigenvalue weighted by atomic mass is 9.91. The second-order valence-corrected chi connectivity index (χ2v) is 6.07. The number of rotatable bonds is 3. The van der Waals surface area contributed by atoms with Crippen molar-refractivity contribution in [3.8, 4) is 0 Å². The molecule has 1 fully saturated rings. The van der Waals surface area contributed by atoms with E-state index in [9.17, 15) is 0 Å². The van der Waals surface area contributed by atoms with Crippen LogP contribution in [0.3, 0.4) is 0 Å². The summed E-state index contributed by atoms with van der Waals surface area (Å²) < 4.78 is 0. The normalized spacial score (nSPS) is 24.3. The molecule has 1 aliphatic rings. The second kappa shape index (κ2) is 5.94. The van der Waals surface area contributed by atoms with E-state index in [1.165, 1.54) is 12.1 Å². The minimum absolute atomic E-state index is 0.650. The van der Waals surface area contributed by atoms with Crippen molar-refractivity contribution in [1.29, 1.82) is 0 Å². The highest BCUT2D eigenvalue weighted by Crippen LogP contribution is 2.29. The molecule has 18 heavy (non-hydrogen) atoms. The fourth-order valence-corrected chi connectivity index (χ4v) is 3.23. The quantitative estimate of drug-likeness (QED) is 0.909. The van der Waals surface area contributed by atoms with E-state index in [4.69, 9.17) is 17.3 Å². The minimum Gasteiger partial charge on any atom is -0.371 e. The van der Waals surface area contributed by atoms with Gasteiger partial charge in [0.05, 0.1) is 0 Å². The van der Waals surface area contributed by atoms with Crippen LogP contribution in [0.25, 0.3) is 0 Å². The molecule has 0 amide bonds. The first-order valence-corrected chi connectivity index (χ1v) is 7.21. The number of nitrogens with zero attached hydrogens (tertiary/aromatic N) is 1. The smallest absolute Gasteiger partial charge is 0.0459 e. The third kappa shape index (κ3) is 3.18. The van der Waals surface area contributed by atoms with Crippen LogP contribution in [-0.4, -0.2) is 19.6 Å². The van der Waals surface area contributed by atoms with E-state index in [2.05, 4.69) is 36.9 Å². The largest absolute Gasteiger partial charge is 0.371 e. The van der Waals surface area contributed by atoms with Crippen molar-refractivity contribution < 1.29 is 0 Å². The molecule has 0 aliphatic carbocycles. The van der Waals surface area contributed by atoms with Crippen LogP contribution in [-0.2, 0) is 6.42 Å². The maximum absolute atomic E-state index is 6.32. The van der Waals surface area contributed by atoms with Gasteiger partial charge in [-0.2, -0.15) is 0 Å². The molecular weight excluding hydrogens is 244 g/mol. The topological polar surface area (TPSA) is 29.3 Å². The lowest BCUT2D eigenvalue weighted by Gasteiger charge is -2.36. The number of hydrogen-bond donors (Lipinski definition) is 1. The molecule has 1 aliphatic heterocycles. The first kappa shape index (κ1) is 13.7. The number of anilines is 1. The second-order valence-electron chi connectivity index (χ2n) is 5.67. The predicted molar refractivity (Wildman–Crippen MR) is 79.4 cm³/mol. The van der Waals surface area contributed by atoms with Gasteiger partial charge in [0.25, 0.3) is 0 Å². The number of halogens is 1. The number of piperidine rings is 1. The lowest BCUT2D eigenvalue weighted by Crippen LogP contribution is -2.38. The summed E-state index contributed by atoms with van der Waals surface area (Å²) in [6.07, 6.45) is 2.18. The van der Waals surface area contributed by atoms with E-state index in [-0.39, 0.29) is 0 Å². The van der Waals surface area contributed by atoms with Gasteiger partial charge < -0.3 is 10.6 Å². The molecule has 0 bridgehead atoms. The zero-order chi connectivity index (χ0) is 13.1. The number of benzene rings is 1. The molecule has 2 N–H and O–H groups in total. The average Bonchev–Trinajstić information content (AvgIpc) is 2.30. The van der Waals surface area contributed by atoms with E-state index in [0.717, 1.165) is 41.9 Å². The van der Waals surface area contributed by atoms with Crippen LogP contribution in [0.2, 0.25) is 5.02 Å². The van der Waals surface area contributed by atoms with Crippen LogP contribution in [0.1, 0.15) is 25.8 Å². The van der Waals surface area contributed by atoms with E-state index in [0.29, 0.717) is 6.54 Å². The Bertz CT molecular complexity index is 395. The molecule has 0 saturated carbocycles. The Morgan fingerprint density at radius 3 is 2.50 bits per heavy atom. The monoisotopic (exact) mass is 266 g/mol. The van der Waals surface area contributed by atoms with Crippen molar-refractivity contribution in [1.82, 2.24) is 0 Å². The molecule has 2 rings (SSSR count). The molecule has 2 atom stereocenters. The Morgan fingerprint density at radius 2 is 1.94 bits per heavy atom. The third-order valence-electron chi connectivity index (χ3n) is 3.68. The van der Waals surface area contributed by atoms with Gasteiger partial charge in [0.2, 0.25) is 0 Å². The van der Waals surface area contributed by atoms with Gasteiger partial charge in [-0.15, -0.1) is 0 Å². The Kier molecular flexibility index (Phi) is 4.52. The van der Waals surface area contributed by atoms with Gasteiger partial charge in [0.1, 0.15) is 0 Å². The molecular formula is C15H23ClN2. The van der Waals surface area contributed by atoms with Crippen molar-refractivity contribution >= 4 is 17.3 Å². The van der Waals surface area contributed by atoms with E-state index >= 15 is 0 Å². The zero-order valence-corrected chi connectivity index (χ0v) is 12.1. The van der Waals surface area contributed by atoms with E-state index < -0.39 is 0 Å². The summed E-state index contributed by atoms with van der Waals surface area (Å²) in [7, 11) is 0. The molecule has 0 aromatic heterocycles. The summed E-state index contributed by atoms with van der Waals surface area (Å²) in [5, 5.41) is 0.851. The fraction of sp³-hybridized carbons (Fsp3) is 0.600. The predicted octanol–water partition coefficient (Wildman–Crippen LogP) is 3.32. The highest BCUT2D eigenvalue weighted by molar-refractivity contribution is 6.31.